The highest BCUT2D eigenvalue weighted by Gasteiger charge is 1.99. The highest BCUT2D eigenvalue weighted by Crippen LogP contribution is 2.09. The summed E-state index contributed by atoms with van der Waals surface area (Å²) >= 11 is 0. The van der Waals surface area contributed by atoms with Crippen molar-refractivity contribution < 1.29 is 9.53 Å². The van der Waals surface area contributed by atoms with Crippen LogP contribution in [0.3, 0.4) is 0 Å². The number of rotatable bonds is 1. The summed E-state index contributed by atoms with van der Waals surface area (Å²) in [5.41, 5.74) is 0.375. The number of nitrogens with zero attached hydrogens (tertiary/aromatic N) is 1. The average Bonchev–Trinajstić information content (AvgIpc) is 2.37. The van der Waals surface area contributed by atoms with Crippen LogP contribution in [0.5, 0.6) is 0 Å². The summed E-state index contributed by atoms with van der Waals surface area (Å²) in [4.78, 5) is 22.5. The van der Waals surface area contributed by atoms with Gasteiger partial charge in [0.2, 0.25) is 0 Å². The Morgan fingerprint density at radius 1 is 1.50 bits per heavy atom. The summed E-state index contributed by atoms with van der Waals surface area (Å²) in [6, 6.07) is 5.01. The maximum atomic E-state index is 11.4. The Morgan fingerprint density at radius 2 is 2.33 bits per heavy atom. The van der Waals surface area contributed by atoms with E-state index >= 15 is 0 Å². The van der Waals surface area contributed by atoms with Gasteiger partial charge in [-0.1, -0.05) is 5.92 Å². The Hall–Kier alpha value is -2.61. The number of aromatic nitrogens is 2. The number of hydrogen-bond donors (Lipinski definition) is 1. The van der Waals surface area contributed by atoms with Gasteiger partial charge < -0.3 is 4.74 Å². The third kappa shape index (κ3) is 2.55. The molecule has 2 aromatic rings. The first-order chi connectivity index (χ1) is 8.70. The zero-order valence-electron chi connectivity index (χ0n) is 9.69. The van der Waals surface area contributed by atoms with Crippen molar-refractivity contribution in [1.82, 2.24) is 10.2 Å². The van der Waals surface area contributed by atoms with Crippen molar-refractivity contribution in [3.63, 3.8) is 0 Å². The lowest BCUT2D eigenvalue weighted by Crippen LogP contribution is -2.07. The lowest BCUT2D eigenvalue weighted by molar-refractivity contribution is -0.136. The first kappa shape index (κ1) is 11.9. The Kier molecular flexibility index (Phi) is 3.39. The van der Waals surface area contributed by atoms with Crippen molar-refractivity contribution in [1.29, 1.82) is 0 Å². The monoisotopic (exact) mass is 242 g/mol. The Morgan fingerprint density at radius 3 is 3.11 bits per heavy atom. The molecule has 0 fully saturated rings. The molecule has 0 aliphatic carbocycles. The van der Waals surface area contributed by atoms with E-state index in [4.69, 9.17) is 4.74 Å². The Bertz CT molecular complexity index is 707. The van der Waals surface area contributed by atoms with Gasteiger partial charge in [-0.25, -0.2) is 9.89 Å². The smallest absolute Gasteiger partial charge is 0.384 e. The van der Waals surface area contributed by atoms with Gasteiger partial charge in [0.15, 0.2) is 0 Å². The van der Waals surface area contributed by atoms with Crippen LogP contribution in [0.1, 0.15) is 12.5 Å². The summed E-state index contributed by atoms with van der Waals surface area (Å²) in [5, 5.41) is 7.26. The minimum atomic E-state index is -0.568. The van der Waals surface area contributed by atoms with Crippen molar-refractivity contribution in [3.8, 4) is 11.8 Å². The molecule has 1 aromatic heterocycles. The zero-order valence-corrected chi connectivity index (χ0v) is 9.69. The molecule has 0 atom stereocenters. The predicted molar refractivity (Wildman–Crippen MR) is 65.9 cm³/mol. The van der Waals surface area contributed by atoms with Crippen molar-refractivity contribution in [2.24, 2.45) is 0 Å². The standard InChI is InChI=1S/C13H10N2O3/c1-2-18-12(16)6-4-9-3-5-11-10(7-9)8-14-15-13(11)17/h3,5,7-8H,2H2,1H3,(H,15,17). The second-order valence-corrected chi connectivity index (χ2v) is 3.47. The van der Waals surface area contributed by atoms with Crippen LogP contribution in [-0.2, 0) is 9.53 Å². The molecule has 1 aromatic carbocycles. The quantitative estimate of drug-likeness (QED) is 0.594. The van der Waals surface area contributed by atoms with Crippen molar-refractivity contribution >= 4 is 16.7 Å². The summed E-state index contributed by atoms with van der Waals surface area (Å²) in [7, 11) is 0. The largest absolute Gasteiger partial charge is 0.456 e. The fraction of sp³-hybridized carbons (Fsp3) is 0.154. The molecule has 1 N–H and O–H groups in total. The van der Waals surface area contributed by atoms with Crippen molar-refractivity contribution in [2.45, 2.75) is 6.92 Å². The Balaban J connectivity index is 2.37. The first-order valence-electron chi connectivity index (χ1n) is 5.37. The van der Waals surface area contributed by atoms with E-state index in [1.54, 1.807) is 25.1 Å². The second-order valence-electron chi connectivity index (χ2n) is 3.47. The van der Waals surface area contributed by atoms with Gasteiger partial charge in [0.25, 0.3) is 5.56 Å². The van der Waals surface area contributed by atoms with Gasteiger partial charge in [-0.3, -0.25) is 4.79 Å². The van der Waals surface area contributed by atoms with E-state index in [0.29, 0.717) is 22.9 Å². The molecular weight excluding hydrogens is 232 g/mol. The highest BCUT2D eigenvalue weighted by atomic mass is 16.5. The topological polar surface area (TPSA) is 72.1 Å². The SMILES string of the molecule is CCOC(=O)C#Cc1ccc2c(=O)[nH]ncc2c1. The number of carbonyl (C=O) groups excluding carboxylic acids is 1. The van der Waals surface area contributed by atoms with Crippen LogP contribution < -0.4 is 5.56 Å². The molecule has 0 amide bonds. The zero-order chi connectivity index (χ0) is 13.0. The molecule has 5 heteroatoms. The van der Waals surface area contributed by atoms with E-state index in [1.165, 1.54) is 6.20 Å². The van der Waals surface area contributed by atoms with E-state index in [1.807, 2.05) is 0 Å². The number of aromatic amines is 1. The lowest BCUT2D eigenvalue weighted by Gasteiger charge is -1.96. The van der Waals surface area contributed by atoms with Gasteiger partial charge in [0.05, 0.1) is 18.2 Å². The van der Waals surface area contributed by atoms with Gasteiger partial charge in [-0.15, -0.1) is 0 Å². The van der Waals surface area contributed by atoms with E-state index in [9.17, 15) is 9.59 Å². The van der Waals surface area contributed by atoms with Crippen molar-refractivity contribution in [3.05, 3.63) is 40.3 Å². The third-order valence-corrected chi connectivity index (χ3v) is 2.25. The van der Waals surface area contributed by atoms with E-state index in [0.717, 1.165) is 0 Å². The number of carbonyl (C=O) groups is 1. The van der Waals surface area contributed by atoms with Crippen molar-refractivity contribution in [2.75, 3.05) is 6.61 Å². The maximum Gasteiger partial charge on any atom is 0.384 e. The van der Waals surface area contributed by atoms with Crippen LogP contribution in [0.2, 0.25) is 0 Å². The van der Waals surface area contributed by atoms with E-state index < -0.39 is 5.97 Å². The molecule has 18 heavy (non-hydrogen) atoms. The van der Waals surface area contributed by atoms with Gasteiger partial charge in [0.1, 0.15) is 0 Å². The minimum absolute atomic E-state index is 0.252. The number of fused-ring (bicyclic) bond motifs is 1. The molecule has 0 spiro atoms. The molecule has 0 aliphatic rings. The van der Waals surface area contributed by atoms with Gasteiger partial charge >= 0.3 is 5.97 Å². The van der Waals surface area contributed by atoms with Gasteiger partial charge in [0, 0.05) is 16.9 Å². The Labute approximate surface area is 103 Å². The maximum absolute atomic E-state index is 11.4. The number of H-pyrrole nitrogens is 1. The summed E-state index contributed by atoms with van der Waals surface area (Å²) in [5.74, 6) is 4.47. The molecule has 0 bridgehead atoms. The normalized spacial score (nSPS) is 9.61. The fourth-order valence-corrected chi connectivity index (χ4v) is 1.47. The van der Waals surface area contributed by atoms with Crippen LogP contribution in [0, 0.1) is 11.8 Å². The molecule has 2 rings (SSSR count). The van der Waals surface area contributed by atoms with Gasteiger partial charge in [-0.05, 0) is 25.1 Å². The highest BCUT2D eigenvalue weighted by molar-refractivity contribution is 5.89. The van der Waals surface area contributed by atoms with E-state index in [-0.39, 0.29) is 5.56 Å². The fourth-order valence-electron chi connectivity index (χ4n) is 1.47. The van der Waals surface area contributed by atoms with Crippen LogP contribution >= 0.6 is 0 Å². The van der Waals surface area contributed by atoms with Crippen LogP contribution in [0.4, 0.5) is 0 Å². The number of esters is 1. The predicted octanol–water partition coefficient (Wildman–Crippen LogP) is 0.838. The second kappa shape index (κ2) is 5.15. The van der Waals surface area contributed by atoms with Crippen LogP contribution in [0.15, 0.2) is 29.2 Å². The van der Waals surface area contributed by atoms with Gasteiger partial charge in [-0.2, -0.15) is 5.10 Å². The summed E-state index contributed by atoms with van der Waals surface area (Å²) < 4.78 is 4.69. The molecule has 0 saturated heterocycles. The molecule has 0 unspecified atom stereocenters. The first-order valence-corrected chi connectivity index (χ1v) is 5.37. The third-order valence-electron chi connectivity index (χ3n) is 2.25. The van der Waals surface area contributed by atoms with Crippen LogP contribution in [0.25, 0.3) is 10.8 Å². The molecular formula is C13H10N2O3. The molecule has 5 nitrogen and oxygen atoms in total. The number of ether oxygens (including phenoxy) is 1. The van der Waals surface area contributed by atoms with Crippen LogP contribution in [-0.4, -0.2) is 22.8 Å². The molecule has 0 aliphatic heterocycles. The summed E-state index contributed by atoms with van der Waals surface area (Å²) in [6.45, 7) is 2.01. The molecule has 90 valence electrons. The summed E-state index contributed by atoms with van der Waals surface area (Å²) in [6.07, 6.45) is 1.53. The molecule has 0 saturated carbocycles. The molecule has 0 radical (unpaired) electrons. The molecule has 1 heterocycles. The number of hydrogen-bond acceptors (Lipinski definition) is 4. The number of nitrogens with one attached hydrogen (secondary N) is 1. The van der Waals surface area contributed by atoms with E-state index in [2.05, 4.69) is 22.0 Å². The number of benzene rings is 1. The lowest BCUT2D eigenvalue weighted by atomic mass is 10.1. The minimum Gasteiger partial charge on any atom is -0.456 e. The average molecular weight is 242 g/mol.